The Hall–Kier alpha value is -1.07. The van der Waals surface area contributed by atoms with Crippen LogP contribution in [0.25, 0.3) is 0 Å². The van der Waals surface area contributed by atoms with Gasteiger partial charge >= 0.3 is 0 Å². The lowest BCUT2D eigenvalue weighted by Crippen LogP contribution is -2.38. The maximum absolute atomic E-state index is 8.61. The van der Waals surface area contributed by atoms with E-state index in [0.29, 0.717) is 5.84 Å². The number of nitrogens with two attached hydrogens (primary N) is 1. The van der Waals surface area contributed by atoms with Gasteiger partial charge in [0, 0.05) is 12.5 Å². The van der Waals surface area contributed by atoms with Crippen molar-refractivity contribution in [3.8, 4) is 0 Å². The summed E-state index contributed by atoms with van der Waals surface area (Å²) >= 11 is 1.74. The van der Waals surface area contributed by atoms with E-state index < -0.39 is 0 Å². The Balaban J connectivity index is 1.81. The fourth-order valence-electron chi connectivity index (χ4n) is 2.11. The van der Waals surface area contributed by atoms with Crippen molar-refractivity contribution in [2.24, 2.45) is 16.8 Å². The lowest BCUT2D eigenvalue weighted by atomic mass is 9.95. The molecule has 1 aromatic rings. The Morgan fingerprint density at radius 1 is 1.56 bits per heavy atom. The number of piperidine rings is 1. The second-order valence-electron chi connectivity index (χ2n) is 4.21. The van der Waals surface area contributed by atoms with Crippen molar-refractivity contribution in [1.29, 1.82) is 0 Å². The molecule has 0 radical (unpaired) electrons. The number of amidine groups is 1. The molecule has 88 valence electrons. The highest BCUT2D eigenvalue weighted by molar-refractivity contribution is 7.07. The molecule has 1 aliphatic rings. The van der Waals surface area contributed by atoms with Crippen LogP contribution in [0.4, 0.5) is 0 Å². The van der Waals surface area contributed by atoms with Crippen molar-refractivity contribution >= 4 is 17.2 Å². The van der Waals surface area contributed by atoms with Gasteiger partial charge in [-0.15, -0.1) is 0 Å². The molecule has 1 aromatic heterocycles. The third-order valence-corrected chi connectivity index (χ3v) is 3.84. The van der Waals surface area contributed by atoms with Crippen molar-refractivity contribution in [2.75, 3.05) is 13.1 Å². The normalized spacial score (nSPS) is 20.1. The van der Waals surface area contributed by atoms with Gasteiger partial charge in [-0.05, 0) is 48.3 Å². The molecule has 0 atom stereocenters. The summed E-state index contributed by atoms with van der Waals surface area (Å²) in [6, 6.07) is 2.17. The van der Waals surface area contributed by atoms with E-state index in [0.717, 1.165) is 32.5 Å². The lowest BCUT2D eigenvalue weighted by Gasteiger charge is -2.30. The molecule has 5 heteroatoms. The number of thiophene rings is 1. The van der Waals surface area contributed by atoms with Gasteiger partial charge in [0.1, 0.15) is 5.84 Å². The van der Waals surface area contributed by atoms with Crippen LogP contribution in [0.1, 0.15) is 18.4 Å². The molecule has 0 unspecified atom stereocenters. The minimum Gasteiger partial charge on any atom is -0.409 e. The maximum atomic E-state index is 8.61. The van der Waals surface area contributed by atoms with Crippen molar-refractivity contribution in [2.45, 2.75) is 19.4 Å². The Morgan fingerprint density at radius 3 is 2.88 bits per heavy atom. The van der Waals surface area contributed by atoms with Gasteiger partial charge in [0.05, 0.1) is 0 Å². The van der Waals surface area contributed by atoms with Crippen molar-refractivity contribution in [3.63, 3.8) is 0 Å². The highest BCUT2D eigenvalue weighted by Gasteiger charge is 2.22. The molecule has 0 spiro atoms. The van der Waals surface area contributed by atoms with Gasteiger partial charge in [-0.2, -0.15) is 11.3 Å². The number of hydrogen-bond donors (Lipinski definition) is 2. The largest absolute Gasteiger partial charge is 0.409 e. The van der Waals surface area contributed by atoms with Crippen LogP contribution in [-0.2, 0) is 6.54 Å². The fraction of sp³-hybridized carbons (Fsp3) is 0.545. The summed E-state index contributed by atoms with van der Waals surface area (Å²) in [5.41, 5.74) is 6.99. The van der Waals surface area contributed by atoms with E-state index in [9.17, 15) is 0 Å². The Labute approximate surface area is 99.4 Å². The van der Waals surface area contributed by atoms with Crippen molar-refractivity contribution < 1.29 is 5.21 Å². The SMILES string of the molecule is NC(=NO)C1CCN(Cc2ccsc2)CC1. The first-order valence-corrected chi connectivity index (χ1v) is 6.44. The second-order valence-corrected chi connectivity index (χ2v) is 4.99. The van der Waals surface area contributed by atoms with Gasteiger partial charge in [0.2, 0.25) is 0 Å². The summed E-state index contributed by atoms with van der Waals surface area (Å²) in [4.78, 5) is 2.42. The second kappa shape index (κ2) is 5.32. The van der Waals surface area contributed by atoms with Crippen molar-refractivity contribution in [1.82, 2.24) is 4.90 Å². The Bertz CT molecular complexity index is 342. The molecule has 1 aliphatic heterocycles. The van der Waals surface area contributed by atoms with E-state index in [-0.39, 0.29) is 5.92 Å². The minimum atomic E-state index is 0.253. The quantitative estimate of drug-likeness (QED) is 0.365. The molecular weight excluding hydrogens is 222 g/mol. The summed E-state index contributed by atoms with van der Waals surface area (Å²) in [5.74, 6) is 0.638. The van der Waals surface area contributed by atoms with Crippen LogP contribution in [0.15, 0.2) is 22.0 Å². The first kappa shape index (κ1) is 11.4. The van der Waals surface area contributed by atoms with Crippen LogP contribution in [0, 0.1) is 5.92 Å². The summed E-state index contributed by atoms with van der Waals surface area (Å²) in [6.07, 6.45) is 1.97. The highest BCUT2D eigenvalue weighted by Crippen LogP contribution is 2.19. The molecule has 1 fully saturated rings. The zero-order valence-electron chi connectivity index (χ0n) is 9.17. The molecule has 3 N–H and O–H groups in total. The first-order valence-electron chi connectivity index (χ1n) is 5.50. The highest BCUT2D eigenvalue weighted by atomic mass is 32.1. The van der Waals surface area contributed by atoms with Crippen LogP contribution in [0.3, 0.4) is 0 Å². The van der Waals surface area contributed by atoms with Gasteiger partial charge in [0.25, 0.3) is 0 Å². The summed E-state index contributed by atoms with van der Waals surface area (Å²) in [7, 11) is 0. The molecule has 4 nitrogen and oxygen atoms in total. The lowest BCUT2D eigenvalue weighted by molar-refractivity contribution is 0.199. The molecule has 0 amide bonds. The molecular formula is C11H17N3OS. The van der Waals surface area contributed by atoms with E-state index >= 15 is 0 Å². The molecule has 0 saturated carbocycles. The van der Waals surface area contributed by atoms with Crippen LogP contribution < -0.4 is 5.73 Å². The van der Waals surface area contributed by atoms with E-state index in [1.807, 2.05) is 0 Å². The van der Waals surface area contributed by atoms with E-state index in [4.69, 9.17) is 10.9 Å². The summed E-state index contributed by atoms with van der Waals surface area (Å²) in [6.45, 7) is 3.07. The number of rotatable bonds is 3. The van der Waals surface area contributed by atoms with Crippen LogP contribution in [0.2, 0.25) is 0 Å². The molecule has 2 rings (SSSR count). The molecule has 2 heterocycles. The van der Waals surface area contributed by atoms with Gasteiger partial charge in [0.15, 0.2) is 0 Å². The molecule has 0 bridgehead atoms. The van der Waals surface area contributed by atoms with Crippen LogP contribution >= 0.6 is 11.3 Å². The number of hydrogen-bond acceptors (Lipinski definition) is 4. The predicted octanol–water partition coefficient (Wildman–Crippen LogP) is 1.71. The Morgan fingerprint density at radius 2 is 2.31 bits per heavy atom. The van der Waals surface area contributed by atoms with Crippen molar-refractivity contribution in [3.05, 3.63) is 22.4 Å². The number of nitrogens with zero attached hydrogens (tertiary/aromatic N) is 2. The van der Waals surface area contributed by atoms with Gasteiger partial charge in [-0.3, -0.25) is 4.90 Å². The Kier molecular flexibility index (Phi) is 3.79. The predicted molar refractivity (Wildman–Crippen MR) is 65.7 cm³/mol. The molecule has 0 aliphatic carbocycles. The smallest absolute Gasteiger partial charge is 0.142 e. The maximum Gasteiger partial charge on any atom is 0.142 e. The van der Waals surface area contributed by atoms with Gasteiger partial charge in [-0.1, -0.05) is 5.16 Å². The average Bonchev–Trinajstić information content (AvgIpc) is 2.82. The minimum absolute atomic E-state index is 0.253. The van der Waals surface area contributed by atoms with E-state index in [1.54, 1.807) is 11.3 Å². The van der Waals surface area contributed by atoms with Gasteiger partial charge < -0.3 is 10.9 Å². The fourth-order valence-corrected chi connectivity index (χ4v) is 2.77. The van der Waals surface area contributed by atoms with Gasteiger partial charge in [-0.25, -0.2) is 0 Å². The van der Waals surface area contributed by atoms with E-state index in [1.165, 1.54) is 5.56 Å². The summed E-state index contributed by atoms with van der Waals surface area (Å²) < 4.78 is 0. The molecule has 16 heavy (non-hydrogen) atoms. The third-order valence-electron chi connectivity index (χ3n) is 3.11. The standard InChI is InChI=1S/C11H17N3OS/c12-11(13-15)10-1-4-14(5-2-10)7-9-3-6-16-8-9/h3,6,8,10,15H,1-2,4-5,7H2,(H2,12,13). The number of oxime groups is 1. The van der Waals surface area contributed by atoms with Crippen LogP contribution in [0.5, 0.6) is 0 Å². The average molecular weight is 239 g/mol. The zero-order valence-corrected chi connectivity index (χ0v) is 9.99. The third kappa shape index (κ3) is 2.74. The first-order chi connectivity index (χ1) is 7.79. The number of likely N-dealkylation sites (tertiary alicyclic amines) is 1. The zero-order chi connectivity index (χ0) is 11.4. The topological polar surface area (TPSA) is 61.9 Å². The van der Waals surface area contributed by atoms with E-state index in [2.05, 4.69) is 26.9 Å². The molecule has 0 aromatic carbocycles. The molecule has 1 saturated heterocycles. The van der Waals surface area contributed by atoms with Crippen LogP contribution in [-0.4, -0.2) is 29.0 Å². The monoisotopic (exact) mass is 239 g/mol. The summed E-state index contributed by atoms with van der Waals surface area (Å²) in [5, 5.41) is 16.0.